The molecule has 0 bridgehead atoms. The minimum atomic E-state index is -0.155. The molecule has 0 radical (unpaired) electrons. The molecule has 1 heterocycles. The molecule has 0 aliphatic heterocycles. The van der Waals surface area contributed by atoms with Gasteiger partial charge in [0.1, 0.15) is 0 Å². The summed E-state index contributed by atoms with van der Waals surface area (Å²) in [4.78, 5) is 0. The molecule has 0 amide bonds. The fraction of sp³-hybridized carbons (Fsp3) is 0.733. The lowest BCUT2D eigenvalue weighted by Crippen LogP contribution is -2.59. The summed E-state index contributed by atoms with van der Waals surface area (Å²) >= 11 is 0. The number of nitrogens with zero attached hydrogens (tertiary/aromatic N) is 1. The number of nitrogens with one attached hydrogen (secondary N) is 1. The van der Waals surface area contributed by atoms with Crippen LogP contribution in [0.1, 0.15) is 44.1 Å². The highest BCUT2D eigenvalue weighted by molar-refractivity contribution is 5.26. The number of aryl methyl sites for hydroxylation is 1. The molecule has 3 nitrogen and oxygen atoms in total. The third-order valence-electron chi connectivity index (χ3n) is 4.75. The summed E-state index contributed by atoms with van der Waals surface area (Å²) in [6.45, 7) is 12.7. The van der Waals surface area contributed by atoms with Crippen LogP contribution in [0.5, 0.6) is 0 Å². The lowest BCUT2D eigenvalue weighted by Gasteiger charge is -2.49. The Morgan fingerprint density at radius 2 is 2.11 bits per heavy atom. The van der Waals surface area contributed by atoms with Gasteiger partial charge in [-0.15, -0.1) is 0 Å². The predicted octanol–water partition coefficient (Wildman–Crippen LogP) is 2.37. The highest BCUT2D eigenvalue weighted by atomic mass is 16.3. The average molecular weight is 250 g/mol. The van der Waals surface area contributed by atoms with E-state index in [9.17, 15) is 5.11 Å². The van der Waals surface area contributed by atoms with Gasteiger partial charge in [0.15, 0.2) is 0 Å². The van der Waals surface area contributed by atoms with E-state index < -0.39 is 0 Å². The van der Waals surface area contributed by atoms with Crippen LogP contribution in [0.2, 0.25) is 0 Å². The fourth-order valence-corrected chi connectivity index (χ4v) is 3.02. The van der Waals surface area contributed by atoms with Crippen molar-refractivity contribution in [3.63, 3.8) is 0 Å². The minimum Gasteiger partial charge on any atom is -0.392 e. The van der Waals surface area contributed by atoms with Crippen molar-refractivity contribution in [1.82, 2.24) is 9.88 Å². The van der Waals surface area contributed by atoms with Gasteiger partial charge in [-0.25, -0.2) is 0 Å². The second-order valence-electron chi connectivity index (χ2n) is 6.15. The van der Waals surface area contributed by atoms with Gasteiger partial charge >= 0.3 is 0 Å². The van der Waals surface area contributed by atoms with Gasteiger partial charge in [-0.2, -0.15) is 0 Å². The zero-order valence-electron chi connectivity index (χ0n) is 12.2. The number of hydrogen-bond donors (Lipinski definition) is 2. The zero-order valence-corrected chi connectivity index (χ0v) is 12.2. The van der Waals surface area contributed by atoms with Crippen LogP contribution in [-0.2, 0) is 13.1 Å². The molecular formula is C15H26N2O. The number of aromatic nitrogens is 1. The normalized spacial score (nSPS) is 26.1. The molecule has 102 valence electrons. The van der Waals surface area contributed by atoms with Crippen LogP contribution in [0.4, 0.5) is 0 Å². The van der Waals surface area contributed by atoms with E-state index in [0.29, 0.717) is 6.04 Å². The second kappa shape index (κ2) is 4.71. The molecular weight excluding hydrogens is 224 g/mol. The Kier molecular flexibility index (Phi) is 3.56. The molecule has 1 aromatic rings. The van der Waals surface area contributed by atoms with Crippen molar-refractivity contribution in [2.75, 3.05) is 0 Å². The maximum atomic E-state index is 9.74. The average Bonchev–Trinajstić information content (AvgIpc) is 2.59. The van der Waals surface area contributed by atoms with Crippen LogP contribution in [0.3, 0.4) is 0 Å². The monoisotopic (exact) mass is 250 g/mol. The lowest BCUT2D eigenvalue weighted by molar-refractivity contribution is -0.0730. The van der Waals surface area contributed by atoms with Gasteiger partial charge in [0.05, 0.1) is 6.10 Å². The number of aliphatic hydroxyl groups is 1. The molecule has 0 spiro atoms. The smallest absolute Gasteiger partial charge is 0.0621 e. The van der Waals surface area contributed by atoms with Gasteiger partial charge in [-0.3, -0.25) is 0 Å². The summed E-state index contributed by atoms with van der Waals surface area (Å²) in [7, 11) is 0. The van der Waals surface area contributed by atoms with E-state index in [2.05, 4.69) is 50.6 Å². The van der Waals surface area contributed by atoms with Crippen LogP contribution in [0.15, 0.2) is 6.07 Å². The second-order valence-corrected chi connectivity index (χ2v) is 6.15. The van der Waals surface area contributed by atoms with Gasteiger partial charge in [0, 0.05) is 35.9 Å². The third kappa shape index (κ3) is 2.10. The van der Waals surface area contributed by atoms with Crippen LogP contribution in [0, 0.1) is 19.3 Å². The van der Waals surface area contributed by atoms with Gasteiger partial charge < -0.3 is 15.0 Å². The Labute approximate surface area is 110 Å². The highest BCUT2D eigenvalue weighted by Gasteiger charge is 2.46. The molecule has 1 aliphatic carbocycles. The number of hydrogen-bond acceptors (Lipinski definition) is 2. The van der Waals surface area contributed by atoms with E-state index in [0.717, 1.165) is 19.5 Å². The van der Waals surface area contributed by atoms with Crippen molar-refractivity contribution in [2.24, 2.45) is 5.41 Å². The van der Waals surface area contributed by atoms with E-state index >= 15 is 0 Å². The first-order chi connectivity index (χ1) is 8.37. The third-order valence-corrected chi connectivity index (χ3v) is 4.75. The first-order valence-electron chi connectivity index (χ1n) is 6.95. The van der Waals surface area contributed by atoms with E-state index in [-0.39, 0.29) is 11.5 Å². The minimum absolute atomic E-state index is 0.0102. The van der Waals surface area contributed by atoms with Crippen molar-refractivity contribution < 1.29 is 5.11 Å². The van der Waals surface area contributed by atoms with Gasteiger partial charge in [0.25, 0.3) is 0 Å². The van der Waals surface area contributed by atoms with Crippen LogP contribution < -0.4 is 5.32 Å². The first kappa shape index (κ1) is 13.6. The molecule has 3 heteroatoms. The van der Waals surface area contributed by atoms with E-state index in [1.807, 2.05) is 0 Å². The first-order valence-corrected chi connectivity index (χ1v) is 6.95. The van der Waals surface area contributed by atoms with Crippen molar-refractivity contribution in [3.05, 3.63) is 23.0 Å². The molecule has 0 saturated heterocycles. The van der Waals surface area contributed by atoms with Crippen molar-refractivity contribution in [2.45, 2.75) is 66.3 Å². The fourth-order valence-electron chi connectivity index (χ4n) is 3.02. The standard InChI is InChI=1S/C15H26N2O/c1-6-17-10(2)7-12(11(17)3)9-16-13-8-14(18)15(13,4)5/h7,13-14,16,18H,6,8-9H2,1-5H3. The predicted molar refractivity (Wildman–Crippen MR) is 74.6 cm³/mol. The molecule has 1 saturated carbocycles. The van der Waals surface area contributed by atoms with Gasteiger partial charge in [-0.1, -0.05) is 13.8 Å². The van der Waals surface area contributed by atoms with Crippen LogP contribution in [0.25, 0.3) is 0 Å². The Balaban J connectivity index is 2.00. The molecule has 1 aliphatic rings. The summed E-state index contributed by atoms with van der Waals surface area (Å²) in [5, 5.41) is 13.3. The maximum Gasteiger partial charge on any atom is 0.0621 e. The SMILES string of the molecule is CCn1c(C)cc(CNC2CC(O)C2(C)C)c1C. The zero-order chi connectivity index (χ0) is 13.5. The Bertz CT molecular complexity index is 434. The largest absolute Gasteiger partial charge is 0.392 e. The Morgan fingerprint density at radius 3 is 2.56 bits per heavy atom. The summed E-state index contributed by atoms with van der Waals surface area (Å²) in [5.41, 5.74) is 4.09. The molecule has 0 aromatic carbocycles. The molecule has 2 atom stereocenters. The molecule has 2 N–H and O–H groups in total. The molecule has 1 aromatic heterocycles. The van der Waals surface area contributed by atoms with Crippen molar-refractivity contribution in [1.29, 1.82) is 0 Å². The summed E-state index contributed by atoms with van der Waals surface area (Å²) in [5.74, 6) is 0. The Morgan fingerprint density at radius 1 is 1.44 bits per heavy atom. The van der Waals surface area contributed by atoms with Crippen LogP contribution >= 0.6 is 0 Å². The van der Waals surface area contributed by atoms with Crippen LogP contribution in [-0.4, -0.2) is 21.8 Å². The van der Waals surface area contributed by atoms with Crippen molar-refractivity contribution >= 4 is 0 Å². The summed E-state index contributed by atoms with van der Waals surface area (Å²) in [6, 6.07) is 2.70. The number of aliphatic hydroxyl groups excluding tert-OH is 1. The Hall–Kier alpha value is -0.800. The summed E-state index contributed by atoms with van der Waals surface area (Å²) < 4.78 is 2.35. The molecule has 2 unspecified atom stereocenters. The van der Waals surface area contributed by atoms with E-state index in [4.69, 9.17) is 0 Å². The lowest BCUT2D eigenvalue weighted by atomic mass is 9.64. The molecule has 2 rings (SSSR count). The van der Waals surface area contributed by atoms with Gasteiger partial charge in [0.2, 0.25) is 0 Å². The quantitative estimate of drug-likeness (QED) is 0.861. The summed E-state index contributed by atoms with van der Waals surface area (Å²) in [6.07, 6.45) is 0.720. The molecule has 18 heavy (non-hydrogen) atoms. The highest BCUT2D eigenvalue weighted by Crippen LogP contribution is 2.40. The van der Waals surface area contributed by atoms with E-state index in [1.165, 1.54) is 17.0 Å². The molecule has 1 fully saturated rings. The number of rotatable bonds is 4. The topological polar surface area (TPSA) is 37.2 Å². The maximum absolute atomic E-state index is 9.74. The van der Waals surface area contributed by atoms with Gasteiger partial charge in [-0.05, 0) is 38.8 Å². The van der Waals surface area contributed by atoms with Crippen molar-refractivity contribution in [3.8, 4) is 0 Å². The van der Waals surface area contributed by atoms with E-state index in [1.54, 1.807) is 0 Å².